The van der Waals surface area contributed by atoms with Crippen LogP contribution in [0, 0.1) is 0 Å². The summed E-state index contributed by atoms with van der Waals surface area (Å²) >= 11 is 11.8. The van der Waals surface area contributed by atoms with E-state index in [2.05, 4.69) is 15.8 Å². The zero-order valence-electron chi connectivity index (χ0n) is 17.2. The van der Waals surface area contributed by atoms with Gasteiger partial charge in [-0.3, -0.25) is 9.59 Å². The maximum Gasteiger partial charge on any atom is 0.277 e. The van der Waals surface area contributed by atoms with Crippen LogP contribution in [0.3, 0.4) is 0 Å². The number of amides is 2. The molecule has 32 heavy (non-hydrogen) atoms. The van der Waals surface area contributed by atoms with E-state index in [1.165, 1.54) is 12.3 Å². The normalized spacial score (nSPS) is 15.5. The molecule has 0 spiro atoms. The van der Waals surface area contributed by atoms with E-state index < -0.39 is 5.91 Å². The van der Waals surface area contributed by atoms with Gasteiger partial charge in [0.2, 0.25) is 0 Å². The van der Waals surface area contributed by atoms with E-state index in [0.717, 1.165) is 25.0 Å². The molecule has 0 aliphatic carbocycles. The van der Waals surface area contributed by atoms with Crippen LogP contribution in [0.4, 0.5) is 0 Å². The van der Waals surface area contributed by atoms with Crippen LogP contribution in [0.2, 0.25) is 10.0 Å². The molecular formula is C22H23Cl2N3O5. The Balaban J connectivity index is 1.35. The Labute approximate surface area is 195 Å². The van der Waals surface area contributed by atoms with Crippen LogP contribution in [-0.2, 0) is 14.3 Å². The summed E-state index contributed by atoms with van der Waals surface area (Å²) in [7, 11) is 0. The number of carbonyl (C=O) groups is 2. The fraction of sp³-hybridized carbons (Fsp3) is 0.318. The molecule has 0 radical (unpaired) electrons. The van der Waals surface area contributed by atoms with Gasteiger partial charge in [-0.15, -0.1) is 0 Å². The fourth-order valence-electron chi connectivity index (χ4n) is 2.83. The van der Waals surface area contributed by atoms with Crippen molar-refractivity contribution in [1.82, 2.24) is 10.7 Å². The Morgan fingerprint density at radius 2 is 1.88 bits per heavy atom. The summed E-state index contributed by atoms with van der Waals surface area (Å²) in [6, 6.07) is 11.6. The second kappa shape index (κ2) is 12.3. The van der Waals surface area contributed by atoms with Gasteiger partial charge in [-0.25, -0.2) is 5.43 Å². The van der Waals surface area contributed by atoms with E-state index in [1.54, 1.807) is 36.4 Å². The molecule has 2 aromatic rings. The summed E-state index contributed by atoms with van der Waals surface area (Å²) < 4.78 is 16.3. The van der Waals surface area contributed by atoms with E-state index >= 15 is 0 Å². The van der Waals surface area contributed by atoms with E-state index in [0.29, 0.717) is 28.1 Å². The van der Waals surface area contributed by atoms with E-state index in [4.69, 9.17) is 37.4 Å². The maximum atomic E-state index is 11.8. The SMILES string of the molecule is O=C(COc1ccc(/C=N/NC(=O)COc2ccc(Cl)cc2Cl)cc1)NCC1CCCO1. The molecule has 8 nitrogen and oxygen atoms in total. The molecule has 0 bridgehead atoms. The monoisotopic (exact) mass is 479 g/mol. The molecule has 2 amide bonds. The van der Waals surface area contributed by atoms with Crippen molar-refractivity contribution in [3.05, 3.63) is 58.1 Å². The number of benzene rings is 2. The first-order valence-corrected chi connectivity index (χ1v) is 10.8. The highest BCUT2D eigenvalue weighted by Gasteiger charge is 2.16. The summed E-state index contributed by atoms with van der Waals surface area (Å²) in [4.78, 5) is 23.7. The summed E-state index contributed by atoms with van der Waals surface area (Å²) in [5, 5.41) is 7.47. The van der Waals surface area contributed by atoms with Gasteiger partial charge in [-0.2, -0.15) is 5.10 Å². The van der Waals surface area contributed by atoms with Gasteiger partial charge in [-0.1, -0.05) is 23.2 Å². The number of nitrogens with zero attached hydrogens (tertiary/aromatic N) is 1. The molecule has 1 aliphatic rings. The van der Waals surface area contributed by atoms with E-state index in [-0.39, 0.29) is 25.2 Å². The lowest BCUT2D eigenvalue weighted by Gasteiger charge is -2.11. The van der Waals surface area contributed by atoms with Crippen LogP contribution >= 0.6 is 23.2 Å². The molecule has 2 aromatic carbocycles. The highest BCUT2D eigenvalue weighted by Crippen LogP contribution is 2.27. The average Bonchev–Trinajstić information content (AvgIpc) is 3.30. The third kappa shape index (κ3) is 8.03. The lowest BCUT2D eigenvalue weighted by Crippen LogP contribution is -2.35. The van der Waals surface area contributed by atoms with Crippen LogP contribution in [0.1, 0.15) is 18.4 Å². The zero-order chi connectivity index (χ0) is 22.8. The minimum absolute atomic E-state index is 0.0755. The second-order valence-electron chi connectivity index (χ2n) is 6.95. The summed E-state index contributed by atoms with van der Waals surface area (Å²) in [6.45, 7) is 0.928. The Bertz CT molecular complexity index is 947. The molecule has 1 aliphatic heterocycles. The van der Waals surface area contributed by atoms with Gasteiger partial charge < -0.3 is 19.5 Å². The van der Waals surface area contributed by atoms with Gasteiger partial charge in [0, 0.05) is 18.2 Å². The maximum absolute atomic E-state index is 11.8. The van der Waals surface area contributed by atoms with Crippen molar-refractivity contribution in [3.63, 3.8) is 0 Å². The predicted octanol–water partition coefficient (Wildman–Crippen LogP) is 3.20. The van der Waals surface area contributed by atoms with Crippen molar-refractivity contribution in [2.75, 3.05) is 26.4 Å². The van der Waals surface area contributed by atoms with Gasteiger partial charge in [0.1, 0.15) is 11.5 Å². The molecule has 170 valence electrons. The molecular weight excluding hydrogens is 457 g/mol. The minimum Gasteiger partial charge on any atom is -0.484 e. The molecule has 1 fully saturated rings. The van der Waals surface area contributed by atoms with E-state index in [9.17, 15) is 9.59 Å². The molecule has 1 heterocycles. The molecule has 1 atom stereocenters. The number of halogens is 2. The lowest BCUT2D eigenvalue weighted by atomic mass is 10.2. The number of ether oxygens (including phenoxy) is 3. The van der Waals surface area contributed by atoms with E-state index in [1.807, 2.05) is 0 Å². The Morgan fingerprint density at radius 3 is 2.59 bits per heavy atom. The van der Waals surface area contributed by atoms with Crippen molar-refractivity contribution >= 4 is 41.2 Å². The first-order valence-electron chi connectivity index (χ1n) is 10.0. The predicted molar refractivity (Wildman–Crippen MR) is 122 cm³/mol. The molecule has 10 heteroatoms. The Kier molecular flexibility index (Phi) is 9.15. The van der Waals surface area contributed by atoms with Crippen LogP contribution in [-0.4, -0.2) is 50.5 Å². The van der Waals surface area contributed by atoms with Gasteiger partial charge in [0.15, 0.2) is 13.2 Å². The van der Waals surface area contributed by atoms with Crippen LogP contribution < -0.4 is 20.2 Å². The number of hydrazone groups is 1. The first kappa shape index (κ1) is 23.8. The molecule has 2 N–H and O–H groups in total. The topological polar surface area (TPSA) is 98.2 Å². The summed E-state index contributed by atoms with van der Waals surface area (Å²) in [5.41, 5.74) is 3.10. The largest absolute Gasteiger partial charge is 0.484 e. The Morgan fingerprint density at radius 1 is 1.09 bits per heavy atom. The second-order valence-corrected chi connectivity index (χ2v) is 7.80. The molecule has 0 saturated carbocycles. The van der Waals surface area contributed by atoms with Gasteiger partial charge >= 0.3 is 0 Å². The highest BCUT2D eigenvalue weighted by atomic mass is 35.5. The highest BCUT2D eigenvalue weighted by molar-refractivity contribution is 6.35. The Hall–Kier alpha value is -2.81. The molecule has 1 saturated heterocycles. The standard InChI is InChI=1S/C22H23Cl2N3O5/c23-16-5-8-20(19(24)10-16)32-14-22(29)27-26-11-15-3-6-17(7-4-15)31-13-21(28)25-12-18-2-1-9-30-18/h3-8,10-11,18H,1-2,9,12-14H2,(H,25,28)(H,27,29)/b26-11+. The van der Waals surface area contributed by atoms with Crippen molar-refractivity contribution in [1.29, 1.82) is 0 Å². The van der Waals surface area contributed by atoms with Gasteiger partial charge in [0.25, 0.3) is 11.8 Å². The molecule has 1 unspecified atom stereocenters. The molecule has 0 aromatic heterocycles. The smallest absolute Gasteiger partial charge is 0.277 e. The quantitative estimate of drug-likeness (QED) is 0.402. The fourth-order valence-corrected chi connectivity index (χ4v) is 3.29. The summed E-state index contributed by atoms with van der Waals surface area (Å²) in [6.07, 6.45) is 3.57. The number of hydrogen-bond donors (Lipinski definition) is 2. The van der Waals surface area contributed by atoms with Crippen molar-refractivity contribution < 1.29 is 23.8 Å². The average molecular weight is 480 g/mol. The van der Waals surface area contributed by atoms with Gasteiger partial charge in [-0.05, 0) is 60.9 Å². The van der Waals surface area contributed by atoms with Gasteiger partial charge in [0.05, 0.1) is 17.3 Å². The third-order valence-electron chi connectivity index (χ3n) is 4.46. The molecule has 3 rings (SSSR count). The van der Waals surface area contributed by atoms with Crippen LogP contribution in [0.25, 0.3) is 0 Å². The summed E-state index contributed by atoms with van der Waals surface area (Å²) in [5.74, 6) is 0.259. The van der Waals surface area contributed by atoms with Crippen molar-refractivity contribution in [2.45, 2.75) is 18.9 Å². The zero-order valence-corrected chi connectivity index (χ0v) is 18.7. The number of hydrogen-bond acceptors (Lipinski definition) is 6. The number of carbonyl (C=O) groups excluding carboxylic acids is 2. The first-order chi connectivity index (χ1) is 15.5. The van der Waals surface area contributed by atoms with Crippen molar-refractivity contribution in [3.8, 4) is 11.5 Å². The number of nitrogens with one attached hydrogen (secondary N) is 2. The van der Waals surface area contributed by atoms with Crippen LogP contribution in [0.15, 0.2) is 47.6 Å². The lowest BCUT2D eigenvalue weighted by molar-refractivity contribution is -0.124. The minimum atomic E-state index is -0.443. The van der Waals surface area contributed by atoms with Crippen molar-refractivity contribution in [2.24, 2.45) is 5.10 Å². The van der Waals surface area contributed by atoms with Crippen LogP contribution in [0.5, 0.6) is 11.5 Å². The number of rotatable bonds is 10. The third-order valence-corrected chi connectivity index (χ3v) is 4.99.